The van der Waals surface area contributed by atoms with Crippen molar-refractivity contribution in [1.82, 2.24) is 15.1 Å². The Kier molecular flexibility index (Phi) is 6.61. The molecule has 29 heavy (non-hydrogen) atoms. The molecule has 0 amide bonds. The summed E-state index contributed by atoms with van der Waals surface area (Å²) < 4.78 is 11.2. The monoisotopic (exact) mass is 397 g/mol. The van der Waals surface area contributed by atoms with Crippen LogP contribution in [-0.2, 0) is 6.42 Å². The molecule has 1 unspecified atom stereocenters. The molecule has 1 atom stereocenters. The van der Waals surface area contributed by atoms with E-state index in [4.69, 9.17) is 14.4 Å². The normalized spacial score (nSPS) is 12.2. The molecule has 0 saturated carbocycles. The van der Waals surface area contributed by atoms with Crippen LogP contribution in [0.4, 0.5) is 0 Å². The van der Waals surface area contributed by atoms with Crippen molar-refractivity contribution in [3.05, 3.63) is 46.8 Å². The minimum absolute atomic E-state index is 0.0331. The Hall–Kier alpha value is -2.77. The fourth-order valence-corrected chi connectivity index (χ4v) is 3.24. The molecule has 7 heteroatoms. The molecule has 2 N–H and O–H groups in total. The van der Waals surface area contributed by atoms with E-state index < -0.39 is 6.10 Å². The van der Waals surface area contributed by atoms with Gasteiger partial charge >= 0.3 is 0 Å². The minimum Gasteiger partial charge on any atom is -0.490 e. The van der Waals surface area contributed by atoms with Gasteiger partial charge in [0.05, 0.1) is 6.61 Å². The third-order valence-corrected chi connectivity index (χ3v) is 4.53. The van der Waals surface area contributed by atoms with E-state index in [1.165, 1.54) is 0 Å². The highest BCUT2D eigenvalue weighted by molar-refractivity contribution is 5.63. The van der Waals surface area contributed by atoms with Gasteiger partial charge in [0.1, 0.15) is 18.5 Å². The average Bonchev–Trinajstić information content (AvgIpc) is 3.17. The Balaban J connectivity index is 1.87. The minimum atomic E-state index is -0.908. The van der Waals surface area contributed by atoms with Crippen LogP contribution in [0.2, 0.25) is 0 Å². The average molecular weight is 397 g/mol. The summed E-state index contributed by atoms with van der Waals surface area (Å²) in [5.41, 5.74) is 5.41. The molecular weight excluding hydrogens is 370 g/mol. The zero-order valence-electron chi connectivity index (χ0n) is 17.3. The summed E-state index contributed by atoms with van der Waals surface area (Å²) in [6.45, 7) is 7.61. The van der Waals surface area contributed by atoms with Gasteiger partial charge in [-0.05, 0) is 62.6 Å². The number of aliphatic hydroxyl groups excluding tert-OH is 2. The highest BCUT2D eigenvalue weighted by Gasteiger charge is 2.15. The lowest BCUT2D eigenvalue weighted by atomic mass is 10.1. The van der Waals surface area contributed by atoms with Crippen LogP contribution >= 0.6 is 0 Å². The molecule has 0 bridgehead atoms. The zero-order chi connectivity index (χ0) is 21.0. The SMILES string of the molecule is CCCc1cc(-c2nc(-c3cc(C)c(OCC(O)CO)c(C)c3)no2)cc(C)n1. The predicted octanol–water partition coefficient (Wildman–Crippen LogP) is 3.41. The Morgan fingerprint density at radius 3 is 2.41 bits per heavy atom. The molecule has 1 aromatic carbocycles. The smallest absolute Gasteiger partial charge is 0.258 e. The number of rotatable bonds is 8. The van der Waals surface area contributed by atoms with Crippen LogP contribution in [-0.4, -0.2) is 44.7 Å². The van der Waals surface area contributed by atoms with E-state index in [-0.39, 0.29) is 13.2 Å². The molecular formula is C22H27N3O4. The summed E-state index contributed by atoms with van der Waals surface area (Å²) >= 11 is 0. The van der Waals surface area contributed by atoms with Crippen LogP contribution in [0, 0.1) is 20.8 Å². The zero-order valence-corrected chi connectivity index (χ0v) is 17.3. The summed E-state index contributed by atoms with van der Waals surface area (Å²) in [5.74, 6) is 1.64. The van der Waals surface area contributed by atoms with Gasteiger partial charge in [0.15, 0.2) is 0 Å². The molecule has 0 fully saturated rings. The quantitative estimate of drug-likeness (QED) is 0.600. The molecule has 7 nitrogen and oxygen atoms in total. The third kappa shape index (κ3) is 4.99. The second-order valence-corrected chi connectivity index (χ2v) is 7.25. The Morgan fingerprint density at radius 1 is 1.03 bits per heavy atom. The topological polar surface area (TPSA) is 102 Å². The maximum Gasteiger partial charge on any atom is 0.258 e. The van der Waals surface area contributed by atoms with Crippen molar-refractivity contribution in [2.24, 2.45) is 0 Å². The van der Waals surface area contributed by atoms with Crippen molar-refractivity contribution >= 4 is 0 Å². The van der Waals surface area contributed by atoms with E-state index in [1.807, 2.05) is 45.0 Å². The fourth-order valence-electron chi connectivity index (χ4n) is 3.24. The van der Waals surface area contributed by atoms with E-state index in [0.29, 0.717) is 17.5 Å². The molecule has 154 valence electrons. The standard InChI is InChI=1S/C22H27N3O4/c1-5-6-18-10-17(9-15(4)23-18)22-24-21(25-29-22)16-7-13(2)20(14(3)8-16)28-12-19(27)11-26/h7-10,19,26-27H,5-6,11-12H2,1-4H3. The number of aryl methyl sites for hydroxylation is 4. The molecule has 2 aromatic heterocycles. The maximum absolute atomic E-state index is 9.51. The van der Waals surface area contributed by atoms with Crippen molar-refractivity contribution in [3.8, 4) is 28.6 Å². The van der Waals surface area contributed by atoms with E-state index in [1.54, 1.807) is 0 Å². The van der Waals surface area contributed by atoms with E-state index in [9.17, 15) is 5.11 Å². The number of aromatic nitrogens is 3. The lowest BCUT2D eigenvalue weighted by Crippen LogP contribution is -2.21. The molecule has 0 saturated heterocycles. The lowest BCUT2D eigenvalue weighted by Gasteiger charge is -2.15. The molecule has 3 aromatic rings. The Bertz CT molecular complexity index is 961. The van der Waals surface area contributed by atoms with Crippen LogP contribution in [0.25, 0.3) is 22.8 Å². The first kappa shape index (κ1) is 21.0. The van der Waals surface area contributed by atoms with E-state index in [0.717, 1.165) is 46.5 Å². The number of nitrogens with zero attached hydrogens (tertiary/aromatic N) is 3. The first-order chi connectivity index (χ1) is 13.9. The highest BCUT2D eigenvalue weighted by Crippen LogP contribution is 2.30. The molecule has 0 aliphatic rings. The van der Waals surface area contributed by atoms with Crippen LogP contribution in [0.1, 0.15) is 35.9 Å². The summed E-state index contributed by atoms with van der Waals surface area (Å²) in [6, 6.07) is 7.77. The van der Waals surface area contributed by atoms with Gasteiger partial charge in [0.25, 0.3) is 5.89 Å². The van der Waals surface area contributed by atoms with Gasteiger partial charge < -0.3 is 19.5 Å². The van der Waals surface area contributed by atoms with Crippen molar-refractivity contribution in [2.45, 2.75) is 46.6 Å². The number of ether oxygens (including phenoxy) is 1. The van der Waals surface area contributed by atoms with Crippen LogP contribution in [0.3, 0.4) is 0 Å². The number of aliphatic hydroxyl groups is 2. The van der Waals surface area contributed by atoms with Crippen LogP contribution in [0.15, 0.2) is 28.8 Å². The largest absolute Gasteiger partial charge is 0.490 e. The molecule has 2 heterocycles. The number of benzene rings is 1. The molecule has 0 aliphatic heterocycles. The molecule has 0 radical (unpaired) electrons. The van der Waals surface area contributed by atoms with Crippen molar-refractivity contribution in [1.29, 1.82) is 0 Å². The number of pyridine rings is 1. The van der Waals surface area contributed by atoms with Gasteiger partial charge in [-0.3, -0.25) is 4.98 Å². The number of hydrogen-bond acceptors (Lipinski definition) is 7. The maximum atomic E-state index is 9.51. The van der Waals surface area contributed by atoms with Gasteiger partial charge in [-0.25, -0.2) is 0 Å². The highest BCUT2D eigenvalue weighted by atomic mass is 16.5. The first-order valence-electron chi connectivity index (χ1n) is 9.76. The van der Waals surface area contributed by atoms with E-state index in [2.05, 4.69) is 22.0 Å². The fraction of sp³-hybridized carbons (Fsp3) is 0.409. The van der Waals surface area contributed by atoms with Gasteiger partial charge in [-0.1, -0.05) is 18.5 Å². The van der Waals surface area contributed by atoms with Gasteiger partial charge in [-0.15, -0.1) is 0 Å². The second-order valence-electron chi connectivity index (χ2n) is 7.25. The van der Waals surface area contributed by atoms with Crippen molar-refractivity contribution in [3.63, 3.8) is 0 Å². The molecule has 0 spiro atoms. The summed E-state index contributed by atoms with van der Waals surface area (Å²) in [4.78, 5) is 9.12. The summed E-state index contributed by atoms with van der Waals surface area (Å²) in [5, 5.41) is 22.6. The second kappa shape index (κ2) is 9.15. The van der Waals surface area contributed by atoms with Gasteiger partial charge in [0, 0.05) is 22.5 Å². The van der Waals surface area contributed by atoms with Gasteiger partial charge in [0.2, 0.25) is 5.82 Å². The van der Waals surface area contributed by atoms with Gasteiger partial charge in [-0.2, -0.15) is 4.98 Å². The lowest BCUT2D eigenvalue weighted by molar-refractivity contribution is 0.0532. The summed E-state index contributed by atoms with van der Waals surface area (Å²) in [7, 11) is 0. The van der Waals surface area contributed by atoms with E-state index >= 15 is 0 Å². The Morgan fingerprint density at radius 2 is 1.76 bits per heavy atom. The Labute approximate surface area is 170 Å². The molecule has 3 rings (SSSR count). The number of hydrogen-bond donors (Lipinski definition) is 2. The van der Waals surface area contributed by atoms with Crippen LogP contribution in [0.5, 0.6) is 5.75 Å². The van der Waals surface area contributed by atoms with Crippen molar-refractivity contribution in [2.75, 3.05) is 13.2 Å². The molecule has 0 aliphatic carbocycles. The first-order valence-corrected chi connectivity index (χ1v) is 9.76. The third-order valence-electron chi connectivity index (χ3n) is 4.53. The van der Waals surface area contributed by atoms with Crippen LogP contribution < -0.4 is 4.74 Å². The summed E-state index contributed by atoms with van der Waals surface area (Å²) in [6.07, 6.45) is 1.02. The van der Waals surface area contributed by atoms with Crippen molar-refractivity contribution < 1.29 is 19.5 Å². The predicted molar refractivity (Wildman–Crippen MR) is 110 cm³/mol.